The second-order valence-corrected chi connectivity index (χ2v) is 4.42. The van der Waals surface area contributed by atoms with E-state index in [-0.39, 0.29) is 4.86 Å². The Morgan fingerprint density at radius 3 is 1.75 bits per heavy atom. The fraction of sp³-hybridized carbons (Fsp3) is 0.333. The van der Waals surface area contributed by atoms with Crippen molar-refractivity contribution in [2.24, 2.45) is 0 Å². The van der Waals surface area contributed by atoms with Crippen LogP contribution in [0.15, 0.2) is 0 Å². The highest BCUT2D eigenvalue weighted by molar-refractivity contribution is 8.16. The summed E-state index contributed by atoms with van der Waals surface area (Å²) in [5, 5.41) is 4.00. The fourth-order valence-electron chi connectivity index (χ4n) is 0.825. The molecule has 0 aliphatic carbocycles. The lowest BCUT2D eigenvalue weighted by Gasteiger charge is -2.14. The molecule has 0 bridgehead atoms. The summed E-state index contributed by atoms with van der Waals surface area (Å²) in [5.41, 5.74) is 0. The number of urea groups is 1. The summed E-state index contributed by atoms with van der Waals surface area (Å²) in [7, 11) is -0.437. The number of hydrogen-bond acceptors (Lipinski definition) is 3. The van der Waals surface area contributed by atoms with Crippen molar-refractivity contribution in [3.63, 3.8) is 0 Å². The van der Waals surface area contributed by atoms with Crippen LogP contribution >= 0.6 is 10.5 Å². The molecular formula is C6H8N2O3S. The van der Waals surface area contributed by atoms with Crippen LogP contribution in [0.3, 0.4) is 0 Å². The minimum atomic E-state index is -0.751. The molecule has 1 aliphatic heterocycles. The Balaban J connectivity index is 3.05. The zero-order valence-corrected chi connectivity index (χ0v) is 7.45. The van der Waals surface area contributed by atoms with Gasteiger partial charge in [0.2, 0.25) is 0 Å². The largest absolute Gasteiger partial charge is 0.328 e. The van der Waals surface area contributed by atoms with Gasteiger partial charge in [0.05, 0.1) is 0 Å². The lowest BCUT2D eigenvalue weighted by atomic mass is 10.3. The second kappa shape index (κ2) is 3.06. The Hall–Kier alpha value is -1.17. The topological polar surface area (TPSA) is 75.3 Å². The zero-order valence-electron chi connectivity index (χ0n) is 6.63. The van der Waals surface area contributed by atoms with Gasteiger partial charge in [-0.15, -0.1) is 0 Å². The molecular weight excluding hydrogens is 180 g/mol. The molecule has 0 spiro atoms. The smallest absolute Gasteiger partial charge is 0.273 e. The predicted molar refractivity (Wildman–Crippen MR) is 46.1 cm³/mol. The van der Waals surface area contributed by atoms with E-state index < -0.39 is 28.3 Å². The first-order valence-corrected chi connectivity index (χ1v) is 5.17. The van der Waals surface area contributed by atoms with Gasteiger partial charge in [-0.05, 0) is 12.5 Å². The molecule has 12 heavy (non-hydrogen) atoms. The van der Waals surface area contributed by atoms with Crippen LogP contribution in [0.2, 0.25) is 0 Å². The Morgan fingerprint density at radius 2 is 1.42 bits per heavy atom. The number of hydrogen-bond donors (Lipinski definition) is 2. The van der Waals surface area contributed by atoms with Gasteiger partial charge in [-0.25, -0.2) is 4.79 Å². The quantitative estimate of drug-likeness (QED) is 0.481. The van der Waals surface area contributed by atoms with Gasteiger partial charge in [0.15, 0.2) is 0 Å². The zero-order chi connectivity index (χ0) is 9.30. The van der Waals surface area contributed by atoms with Crippen molar-refractivity contribution in [1.29, 1.82) is 0 Å². The summed E-state index contributed by atoms with van der Waals surface area (Å²) in [6, 6.07) is -0.751. The van der Waals surface area contributed by atoms with Gasteiger partial charge in [-0.1, -0.05) is 0 Å². The SMILES string of the molecule is CS(C)=C1C(=O)NC(=O)NC1=O. The Kier molecular flexibility index (Phi) is 2.27. The van der Waals surface area contributed by atoms with Gasteiger partial charge in [0, 0.05) is 0 Å². The number of rotatable bonds is 0. The minimum absolute atomic E-state index is 0.120. The molecule has 0 unspecified atom stereocenters. The minimum Gasteiger partial charge on any atom is -0.273 e. The van der Waals surface area contributed by atoms with E-state index >= 15 is 0 Å². The molecule has 0 saturated carbocycles. The van der Waals surface area contributed by atoms with E-state index in [2.05, 4.69) is 0 Å². The number of carbonyl (C=O) groups excluding carboxylic acids is 3. The monoisotopic (exact) mass is 188 g/mol. The third-order valence-corrected chi connectivity index (χ3v) is 2.46. The molecule has 2 N–H and O–H groups in total. The molecule has 66 valence electrons. The van der Waals surface area contributed by atoms with Crippen LogP contribution in [0.1, 0.15) is 0 Å². The third kappa shape index (κ3) is 1.53. The van der Waals surface area contributed by atoms with Crippen LogP contribution in [0.4, 0.5) is 4.79 Å². The van der Waals surface area contributed by atoms with Crippen molar-refractivity contribution in [3.05, 3.63) is 0 Å². The van der Waals surface area contributed by atoms with E-state index in [0.717, 1.165) is 0 Å². The first kappa shape index (κ1) is 8.92. The van der Waals surface area contributed by atoms with Crippen LogP contribution in [-0.2, 0) is 9.59 Å². The highest BCUT2D eigenvalue weighted by Gasteiger charge is 2.28. The second-order valence-electron chi connectivity index (χ2n) is 2.38. The fourth-order valence-corrected chi connectivity index (χ4v) is 1.67. The van der Waals surface area contributed by atoms with Crippen molar-refractivity contribution in [1.82, 2.24) is 10.6 Å². The van der Waals surface area contributed by atoms with Gasteiger partial charge < -0.3 is 0 Å². The third-order valence-electron chi connectivity index (χ3n) is 1.27. The van der Waals surface area contributed by atoms with Crippen molar-refractivity contribution in [2.45, 2.75) is 0 Å². The number of barbiturate groups is 1. The molecule has 1 rings (SSSR count). The normalized spacial score (nSPS) is 17.9. The van der Waals surface area contributed by atoms with Gasteiger partial charge in [0.25, 0.3) is 11.8 Å². The van der Waals surface area contributed by atoms with Crippen LogP contribution in [0.25, 0.3) is 0 Å². The molecule has 0 aromatic heterocycles. The average molecular weight is 188 g/mol. The Labute approximate surface area is 71.4 Å². The molecule has 0 radical (unpaired) electrons. The lowest BCUT2D eigenvalue weighted by Crippen LogP contribution is -2.56. The lowest BCUT2D eigenvalue weighted by molar-refractivity contribution is -0.118. The Morgan fingerprint density at radius 1 is 1.00 bits per heavy atom. The van der Waals surface area contributed by atoms with Crippen LogP contribution in [0, 0.1) is 0 Å². The molecule has 0 aromatic rings. The molecule has 5 nitrogen and oxygen atoms in total. The molecule has 1 heterocycles. The van der Waals surface area contributed by atoms with E-state index in [0.29, 0.717) is 0 Å². The first-order valence-electron chi connectivity index (χ1n) is 3.13. The maximum absolute atomic E-state index is 11.0. The Bertz CT molecular complexity index is 282. The maximum Gasteiger partial charge on any atom is 0.328 e. The summed E-state index contributed by atoms with van der Waals surface area (Å²) in [6.45, 7) is 0. The van der Waals surface area contributed by atoms with E-state index in [1.54, 1.807) is 12.5 Å². The molecule has 0 atom stereocenters. The van der Waals surface area contributed by atoms with Gasteiger partial charge in [-0.2, -0.15) is 10.5 Å². The maximum atomic E-state index is 11.0. The molecule has 6 heteroatoms. The van der Waals surface area contributed by atoms with Crippen LogP contribution < -0.4 is 10.6 Å². The van der Waals surface area contributed by atoms with Crippen LogP contribution in [-0.4, -0.2) is 35.2 Å². The molecule has 1 fully saturated rings. The van der Waals surface area contributed by atoms with Gasteiger partial charge in [-0.3, -0.25) is 20.2 Å². The summed E-state index contributed by atoms with van der Waals surface area (Å²) in [6.07, 6.45) is 3.48. The number of nitrogens with one attached hydrogen (secondary N) is 2. The summed E-state index contributed by atoms with van der Waals surface area (Å²) in [5.74, 6) is -1.17. The molecule has 0 aromatic carbocycles. The number of imide groups is 2. The van der Waals surface area contributed by atoms with Gasteiger partial charge in [0.1, 0.15) is 4.86 Å². The van der Waals surface area contributed by atoms with Crippen molar-refractivity contribution >= 4 is 33.2 Å². The van der Waals surface area contributed by atoms with Gasteiger partial charge >= 0.3 is 6.03 Å². The number of carbonyl (C=O) groups is 3. The van der Waals surface area contributed by atoms with Crippen molar-refractivity contribution < 1.29 is 14.4 Å². The van der Waals surface area contributed by atoms with E-state index in [4.69, 9.17) is 0 Å². The van der Waals surface area contributed by atoms with E-state index in [1.807, 2.05) is 10.6 Å². The van der Waals surface area contributed by atoms with Crippen molar-refractivity contribution in [2.75, 3.05) is 12.5 Å². The average Bonchev–Trinajstić information content (AvgIpc) is 1.82. The molecule has 1 saturated heterocycles. The highest BCUT2D eigenvalue weighted by Crippen LogP contribution is 2.05. The predicted octanol–water partition coefficient (Wildman–Crippen LogP) is -0.947. The van der Waals surface area contributed by atoms with E-state index in [1.165, 1.54) is 0 Å². The molecule has 4 amide bonds. The standard InChI is InChI=1S/C6H8N2O3S/c1-12(2)3-4(9)7-6(11)8-5(3)10/h1-2H3,(H2,7,8,9,10,11). The van der Waals surface area contributed by atoms with E-state index in [9.17, 15) is 14.4 Å². The first-order chi connectivity index (χ1) is 5.52. The molecule has 1 aliphatic rings. The highest BCUT2D eigenvalue weighted by atomic mass is 32.2. The summed E-state index contributed by atoms with van der Waals surface area (Å²) < 4.78 is 0. The van der Waals surface area contributed by atoms with Crippen molar-refractivity contribution in [3.8, 4) is 0 Å². The summed E-state index contributed by atoms with van der Waals surface area (Å²) >= 11 is 0. The number of amides is 4. The van der Waals surface area contributed by atoms with Crippen LogP contribution in [0.5, 0.6) is 0 Å². The summed E-state index contributed by atoms with van der Waals surface area (Å²) in [4.78, 5) is 32.8.